The fourth-order valence-corrected chi connectivity index (χ4v) is 6.09. The van der Waals surface area contributed by atoms with E-state index in [2.05, 4.69) is 34.0 Å². The number of aromatic amines is 1. The molecule has 6 nitrogen and oxygen atoms in total. The molecule has 0 spiro atoms. The average molecular weight is 578 g/mol. The predicted octanol–water partition coefficient (Wildman–Crippen LogP) is 6.98. The number of nitrogens with zero attached hydrogens (tertiary/aromatic N) is 3. The molecule has 2 aromatic heterocycles. The molecule has 0 saturated carbocycles. The SMILES string of the molecule is [2H][C@@](c1nc2ccccc2[nH]1)(c1cc(F)ccc1O)n1ccc2cc(-c3ccc(C4CCN(C)CC4)cc3)cc(F)c2c1=O. The van der Waals surface area contributed by atoms with Gasteiger partial charge in [0.2, 0.25) is 0 Å². The molecule has 8 heteroatoms. The molecular formula is C35H30F2N4O2. The van der Waals surface area contributed by atoms with Crippen molar-refractivity contribution in [3.05, 3.63) is 130 Å². The standard InChI is InChI=1S/C35H30F2N4O2/c1-40-15-12-23(13-16-40)21-6-8-22(9-7-21)25-18-24-14-17-41(35(43)32(24)28(37)19-25)33(27-20-26(36)10-11-31(27)42)34-38-29-4-2-3-5-30(29)39-34/h2-11,14,17-20,23,33,42H,12-13,15-16H2,1H3,(H,38,39)/t33-/m0/s1/i33D. The highest BCUT2D eigenvalue weighted by Gasteiger charge is 2.26. The monoisotopic (exact) mass is 577 g/mol. The second-order valence-corrected chi connectivity index (χ2v) is 11.2. The number of piperidine rings is 1. The smallest absolute Gasteiger partial charge is 0.262 e. The summed E-state index contributed by atoms with van der Waals surface area (Å²) >= 11 is 0. The zero-order chi connectivity index (χ0) is 30.6. The third kappa shape index (κ3) is 4.97. The fraction of sp³-hybridized carbons (Fsp3) is 0.200. The molecule has 0 aliphatic carbocycles. The molecule has 4 aromatic carbocycles. The van der Waals surface area contributed by atoms with E-state index >= 15 is 4.39 Å². The largest absolute Gasteiger partial charge is 0.508 e. The summed E-state index contributed by atoms with van der Waals surface area (Å²) in [5.74, 6) is -1.40. The topological polar surface area (TPSA) is 74.2 Å². The van der Waals surface area contributed by atoms with E-state index in [0.717, 1.165) is 54.3 Å². The van der Waals surface area contributed by atoms with Crippen LogP contribution in [0, 0.1) is 11.6 Å². The minimum absolute atomic E-state index is 0.0391. The highest BCUT2D eigenvalue weighted by Crippen LogP contribution is 2.34. The third-order valence-electron chi connectivity index (χ3n) is 8.46. The van der Waals surface area contributed by atoms with E-state index in [0.29, 0.717) is 27.9 Å². The van der Waals surface area contributed by atoms with E-state index in [9.17, 15) is 15.7 Å². The van der Waals surface area contributed by atoms with Crippen molar-refractivity contribution >= 4 is 21.8 Å². The average Bonchev–Trinajstić information content (AvgIpc) is 3.47. The van der Waals surface area contributed by atoms with Gasteiger partial charge in [0.05, 0.1) is 17.8 Å². The Bertz CT molecular complexity index is 2050. The number of phenols is 1. The molecule has 1 aliphatic heterocycles. The number of nitrogens with one attached hydrogen (secondary N) is 1. The van der Waals surface area contributed by atoms with Crippen LogP contribution in [0.1, 0.15) is 43.1 Å². The minimum Gasteiger partial charge on any atom is -0.508 e. The van der Waals surface area contributed by atoms with Crippen molar-refractivity contribution in [1.82, 2.24) is 19.4 Å². The fourth-order valence-electron chi connectivity index (χ4n) is 6.09. The molecule has 216 valence electrons. The Labute approximate surface area is 248 Å². The number of rotatable bonds is 5. The number of H-pyrrole nitrogens is 1. The number of hydrogen-bond donors (Lipinski definition) is 2. The molecule has 0 bridgehead atoms. The first kappa shape index (κ1) is 25.9. The Balaban J connectivity index is 1.34. The van der Waals surface area contributed by atoms with Gasteiger partial charge in [-0.15, -0.1) is 0 Å². The Morgan fingerprint density at radius 2 is 1.74 bits per heavy atom. The van der Waals surface area contributed by atoms with E-state index in [1.807, 2.05) is 12.1 Å². The van der Waals surface area contributed by atoms with Gasteiger partial charge < -0.3 is 15.0 Å². The first-order valence-corrected chi connectivity index (χ1v) is 14.3. The summed E-state index contributed by atoms with van der Waals surface area (Å²) < 4.78 is 41.0. The molecule has 43 heavy (non-hydrogen) atoms. The number of halogens is 2. The summed E-state index contributed by atoms with van der Waals surface area (Å²) in [4.78, 5) is 23.9. The number of aromatic hydroxyl groups is 1. The normalized spacial score (nSPS) is 16.4. The number of para-hydroxylation sites is 2. The van der Waals surface area contributed by atoms with Gasteiger partial charge in [-0.2, -0.15) is 0 Å². The van der Waals surface area contributed by atoms with E-state index < -0.39 is 29.0 Å². The number of fused-ring (bicyclic) bond motifs is 2. The van der Waals surface area contributed by atoms with Crippen LogP contribution in [0.15, 0.2) is 95.9 Å². The van der Waals surface area contributed by atoms with Gasteiger partial charge in [-0.1, -0.05) is 36.4 Å². The van der Waals surface area contributed by atoms with Crippen molar-refractivity contribution in [3.63, 3.8) is 0 Å². The molecule has 0 radical (unpaired) electrons. The molecule has 1 atom stereocenters. The van der Waals surface area contributed by atoms with Crippen molar-refractivity contribution in [2.45, 2.75) is 24.8 Å². The van der Waals surface area contributed by atoms with Crippen LogP contribution in [0.5, 0.6) is 5.75 Å². The lowest BCUT2D eigenvalue weighted by atomic mass is 9.88. The molecule has 1 fully saturated rings. The Kier molecular flexibility index (Phi) is 6.48. The van der Waals surface area contributed by atoms with Crippen LogP contribution >= 0.6 is 0 Å². The first-order valence-electron chi connectivity index (χ1n) is 14.8. The molecule has 0 unspecified atom stereocenters. The third-order valence-corrected chi connectivity index (χ3v) is 8.46. The number of hydrogen-bond acceptors (Lipinski definition) is 4. The molecule has 2 N–H and O–H groups in total. The summed E-state index contributed by atoms with van der Waals surface area (Å²) in [5.41, 5.74) is 2.78. The lowest BCUT2D eigenvalue weighted by Crippen LogP contribution is -2.29. The molecule has 3 heterocycles. The number of phenolic OH excluding ortho intramolecular Hbond substituents is 1. The molecule has 7 rings (SSSR count). The number of benzene rings is 4. The van der Waals surface area contributed by atoms with Crippen LogP contribution in [0.25, 0.3) is 32.9 Å². The molecular weight excluding hydrogens is 546 g/mol. The first-order chi connectivity index (χ1) is 21.2. The number of aromatic nitrogens is 3. The van der Waals surface area contributed by atoms with Crippen molar-refractivity contribution < 1.29 is 15.3 Å². The minimum atomic E-state index is -2.26. The number of imidazole rings is 1. The van der Waals surface area contributed by atoms with Crippen LogP contribution in [0.3, 0.4) is 0 Å². The summed E-state index contributed by atoms with van der Waals surface area (Å²) in [6, 6.07) is 20.7. The lowest BCUT2D eigenvalue weighted by Gasteiger charge is -2.29. The van der Waals surface area contributed by atoms with E-state index in [1.165, 1.54) is 17.8 Å². The maximum absolute atomic E-state index is 15.9. The maximum Gasteiger partial charge on any atom is 0.262 e. The van der Waals surface area contributed by atoms with Gasteiger partial charge >= 0.3 is 0 Å². The van der Waals surface area contributed by atoms with Crippen LogP contribution in [-0.4, -0.2) is 44.7 Å². The van der Waals surface area contributed by atoms with Gasteiger partial charge in [0, 0.05) is 11.8 Å². The van der Waals surface area contributed by atoms with Crippen molar-refractivity contribution in [2.75, 3.05) is 20.1 Å². The van der Waals surface area contributed by atoms with Gasteiger partial charge in [-0.25, -0.2) is 13.8 Å². The van der Waals surface area contributed by atoms with Gasteiger partial charge in [-0.3, -0.25) is 9.36 Å². The lowest BCUT2D eigenvalue weighted by molar-refractivity contribution is 0.255. The van der Waals surface area contributed by atoms with Crippen LogP contribution in [0.4, 0.5) is 8.78 Å². The van der Waals surface area contributed by atoms with Crippen LogP contribution in [0.2, 0.25) is 0 Å². The van der Waals surface area contributed by atoms with E-state index in [4.69, 9.17) is 0 Å². The van der Waals surface area contributed by atoms with Gasteiger partial charge in [0.15, 0.2) is 0 Å². The quantitative estimate of drug-likeness (QED) is 0.232. The van der Waals surface area contributed by atoms with Gasteiger partial charge in [-0.05, 0) is 110 Å². The van der Waals surface area contributed by atoms with E-state index in [1.54, 1.807) is 36.4 Å². The Morgan fingerprint density at radius 3 is 2.51 bits per heavy atom. The molecule has 1 aliphatic rings. The highest BCUT2D eigenvalue weighted by molar-refractivity contribution is 5.87. The highest BCUT2D eigenvalue weighted by atomic mass is 19.1. The summed E-state index contributed by atoms with van der Waals surface area (Å²) in [6.45, 7) is 2.13. The maximum atomic E-state index is 15.9. The number of pyridine rings is 1. The zero-order valence-corrected chi connectivity index (χ0v) is 23.5. The summed E-state index contributed by atoms with van der Waals surface area (Å²) in [7, 11) is 2.14. The van der Waals surface area contributed by atoms with Crippen molar-refractivity contribution in [2.24, 2.45) is 0 Å². The Morgan fingerprint density at radius 1 is 0.977 bits per heavy atom. The predicted molar refractivity (Wildman–Crippen MR) is 164 cm³/mol. The van der Waals surface area contributed by atoms with Crippen molar-refractivity contribution in [3.8, 4) is 16.9 Å². The molecule has 6 aromatic rings. The van der Waals surface area contributed by atoms with Crippen molar-refractivity contribution in [1.29, 1.82) is 0 Å². The second-order valence-electron chi connectivity index (χ2n) is 11.2. The van der Waals surface area contributed by atoms with Crippen LogP contribution < -0.4 is 5.56 Å². The second kappa shape index (κ2) is 10.8. The molecule has 0 amide bonds. The van der Waals surface area contributed by atoms with Gasteiger partial charge in [0.1, 0.15) is 29.2 Å². The van der Waals surface area contributed by atoms with Gasteiger partial charge in [0.25, 0.3) is 5.56 Å². The summed E-state index contributed by atoms with van der Waals surface area (Å²) in [5, 5.41) is 10.9. The van der Waals surface area contributed by atoms with E-state index in [-0.39, 0.29) is 16.8 Å². The number of likely N-dealkylation sites (tertiary alicyclic amines) is 1. The Hall–Kier alpha value is -4.82. The van der Waals surface area contributed by atoms with Crippen LogP contribution in [-0.2, 0) is 0 Å². The summed E-state index contributed by atoms with van der Waals surface area (Å²) in [6.07, 6.45) is 3.57. The molecule has 1 saturated heterocycles. The zero-order valence-electron chi connectivity index (χ0n) is 24.5.